The summed E-state index contributed by atoms with van der Waals surface area (Å²) >= 11 is 6.06. The molecule has 0 bridgehead atoms. The van der Waals surface area contributed by atoms with Crippen LogP contribution in [0, 0.1) is 13.8 Å². The molecule has 0 radical (unpaired) electrons. The Morgan fingerprint density at radius 2 is 2.08 bits per heavy atom. The lowest BCUT2D eigenvalue weighted by molar-refractivity contribution is 0.264. The smallest absolute Gasteiger partial charge is 0.248 e. The van der Waals surface area contributed by atoms with Crippen LogP contribution < -0.4 is 0 Å². The maximum Gasteiger partial charge on any atom is 0.248 e. The van der Waals surface area contributed by atoms with Crippen molar-refractivity contribution in [3.63, 3.8) is 0 Å². The molecule has 0 amide bonds. The van der Waals surface area contributed by atoms with Crippen LogP contribution in [-0.4, -0.2) is 24.9 Å². The van der Waals surface area contributed by atoms with Crippen LogP contribution in [0.1, 0.15) is 48.1 Å². The van der Waals surface area contributed by atoms with Crippen LogP contribution in [0.3, 0.4) is 0 Å². The SMILES string of the molecule is Cc1cc(C)n(Cc2nc(C3(c4cccc(Cl)n4)CCC3)no2)n1. The summed E-state index contributed by atoms with van der Waals surface area (Å²) in [6.07, 6.45) is 3.04. The average molecular weight is 344 g/mol. The fourth-order valence-electron chi connectivity index (χ4n) is 3.28. The number of aryl methyl sites for hydroxylation is 2. The zero-order valence-electron chi connectivity index (χ0n) is 13.7. The van der Waals surface area contributed by atoms with Gasteiger partial charge in [-0.1, -0.05) is 29.2 Å². The maximum absolute atomic E-state index is 6.06. The van der Waals surface area contributed by atoms with Crippen molar-refractivity contribution in [2.24, 2.45) is 0 Å². The number of aromatic nitrogens is 5. The van der Waals surface area contributed by atoms with E-state index in [1.54, 1.807) is 6.07 Å². The standard InChI is InChI=1S/C17H18ClN5O/c1-11-9-12(2)23(21-11)10-15-20-16(22-24-15)17(7-4-8-17)13-5-3-6-14(18)19-13/h3,5-6,9H,4,7-8,10H2,1-2H3. The van der Waals surface area contributed by atoms with E-state index in [0.29, 0.717) is 23.4 Å². The summed E-state index contributed by atoms with van der Waals surface area (Å²) in [5.74, 6) is 1.25. The molecule has 1 fully saturated rings. The van der Waals surface area contributed by atoms with Crippen molar-refractivity contribution in [3.8, 4) is 0 Å². The van der Waals surface area contributed by atoms with Crippen LogP contribution in [0.2, 0.25) is 5.15 Å². The first kappa shape index (κ1) is 15.3. The minimum Gasteiger partial charge on any atom is -0.337 e. The number of hydrogen-bond donors (Lipinski definition) is 0. The lowest BCUT2D eigenvalue weighted by Gasteiger charge is -2.38. The van der Waals surface area contributed by atoms with Gasteiger partial charge >= 0.3 is 0 Å². The first-order valence-corrected chi connectivity index (χ1v) is 8.42. The van der Waals surface area contributed by atoms with Crippen LogP contribution in [0.25, 0.3) is 0 Å². The van der Waals surface area contributed by atoms with Crippen LogP contribution in [-0.2, 0) is 12.0 Å². The Morgan fingerprint density at radius 3 is 2.71 bits per heavy atom. The van der Waals surface area contributed by atoms with E-state index >= 15 is 0 Å². The van der Waals surface area contributed by atoms with Crippen molar-refractivity contribution in [1.82, 2.24) is 24.9 Å². The van der Waals surface area contributed by atoms with E-state index in [1.165, 1.54) is 0 Å². The van der Waals surface area contributed by atoms with E-state index in [-0.39, 0.29) is 5.41 Å². The minimum absolute atomic E-state index is 0.276. The second-order valence-electron chi connectivity index (χ2n) is 6.38. The molecular weight excluding hydrogens is 326 g/mol. The Kier molecular flexibility index (Phi) is 3.64. The summed E-state index contributed by atoms with van der Waals surface area (Å²) in [5.41, 5.74) is 2.69. The lowest BCUT2D eigenvalue weighted by Crippen LogP contribution is -2.37. The van der Waals surface area contributed by atoms with Crippen molar-refractivity contribution in [2.45, 2.75) is 45.1 Å². The second kappa shape index (κ2) is 5.70. The van der Waals surface area contributed by atoms with E-state index in [4.69, 9.17) is 16.1 Å². The van der Waals surface area contributed by atoms with Gasteiger partial charge in [-0.15, -0.1) is 0 Å². The molecule has 3 aromatic heterocycles. The number of rotatable bonds is 4. The monoisotopic (exact) mass is 343 g/mol. The molecule has 0 N–H and O–H groups in total. The summed E-state index contributed by atoms with van der Waals surface area (Å²) in [7, 11) is 0. The molecule has 0 aliphatic heterocycles. The van der Waals surface area contributed by atoms with E-state index in [2.05, 4.69) is 20.2 Å². The fraction of sp³-hybridized carbons (Fsp3) is 0.412. The molecule has 0 aromatic carbocycles. The quantitative estimate of drug-likeness (QED) is 0.678. The van der Waals surface area contributed by atoms with Gasteiger partial charge in [0.1, 0.15) is 11.7 Å². The third kappa shape index (κ3) is 2.51. The van der Waals surface area contributed by atoms with E-state index in [9.17, 15) is 0 Å². The van der Waals surface area contributed by atoms with Gasteiger partial charge < -0.3 is 4.52 Å². The van der Waals surface area contributed by atoms with Gasteiger partial charge in [0.2, 0.25) is 5.89 Å². The van der Waals surface area contributed by atoms with Crippen LogP contribution in [0.5, 0.6) is 0 Å². The predicted octanol–water partition coefficient (Wildman–Crippen LogP) is 3.45. The highest BCUT2D eigenvalue weighted by atomic mass is 35.5. The molecule has 0 saturated heterocycles. The largest absolute Gasteiger partial charge is 0.337 e. The molecule has 6 nitrogen and oxygen atoms in total. The zero-order chi connectivity index (χ0) is 16.7. The molecular formula is C17H18ClN5O. The zero-order valence-corrected chi connectivity index (χ0v) is 14.4. The first-order chi connectivity index (χ1) is 11.6. The topological polar surface area (TPSA) is 69.6 Å². The highest BCUT2D eigenvalue weighted by molar-refractivity contribution is 6.29. The van der Waals surface area contributed by atoms with Crippen LogP contribution >= 0.6 is 11.6 Å². The summed E-state index contributed by atoms with van der Waals surface area (Å²) in [5, 5.41) is 9.17. The molecule has 124 valence electrons. The molecule has 3 aromatic rings. The Balaban J connectivity index is 1.65. The minimum atomic E-state index is -0.276. The molecule has 1 aliphatic rings. The van der Waals surface area contributed by atoms with E-state index in [0.717, 1.165) is 36.3 Å². The summed E-state index contributed by atoms with van der Waals surface area (Å²) in [4.78, 5) is 9.12. The van der Waals surface area contributed by atoms with Gasteiger partial charge in [0.05, 0.1) is 16.8 Å². The molecule has 3 heterocycles. The van der Waals surface area contributed by atoms with Gasteiger partial charge in [-0.2, -0.15) is 10.1 Å². The third-order valence-corrected chi connectivity index (χ3v) is 4.91. The van der Waals surface area contributed by atoms with Gasteiger partial charge in [-0.3, -0.25) is 4.68 Å². The third-order valence-electron chi connectivity index (χ3n) is 4.70. The van der Waals surface area contributed by atoms with Crippen LogP contribution in [0.15, 0.2) is 28.8 Å². The fourth-order valence-corrected chi connectivity index (χ4v) is 3.44. The van der Waals surface area contributed by atoms with Gasteiger partial charge in [-0.25, -0.2) is 4.98 Å². The Labute approximate surface area is 144 Å². The van der Waals surface area contributed by atoms with Crippen molar-refractivity contribution in [3.05, 3.63) is 58.2 Å². The molecule has 4 rings (SSSR count). The van der Waals surface area contributed by atoms with Gasteiger partial charge in [-0.05, 0) is 44.9 Å². The van der Waals surface area contributed by atoms with Crippen molar-refractivity contribution in [1.29, 1.82) is 0 Å². The van der Waals surface area contributed by atoms with Gasteiger partial charge in [0.25, 0.3) is 0 Å². The molecule has 0 spiro atoms. The Hall–Kier alpha value is -2.21. The molecule has 7 heteroatoms. The molecule has 1 aliphatic carbocycles. The van der Waals surface area contributed by atoms with Crippen molar-refractivity contribution >= 4 is 11.6 Å². The first-order valence-electron chi connectivity index (χ1n) is 8.04. The van der Waals surface area contributed by atoms with Gasteiger partial charge in [0.15, 0.2) is 5.82 Å². The van der Waals surface area contributed by atoms with E-state index in [1.807, 2.05) is 36.7 Å². The van der Waals surface area contributed by atoms with E-state index < -0.39 is 0 Å². The normalized spacial score (nSPS) is 16.1. The van der Waals surface area contributed by atoms with Crippen molar-refractivity contribution in [2.75, 3.05) is 0 Å². The Bertz CT molecular complexity index is 881. The number of halogens is 1. The average Bonchev–Trinajstić information content (AvgIpc) is 3.06. The Morgan fingerprint density at radius 1 is 1.25 bits per heavy atom. The summed E-state index contributed by atoms with van der Waals surface area (Å²) in [6, 6.07) is 7.71. The predicted molar refractivity (Wildman–Crippen MR) is 89.0 cm³/mol. The number of pyridine rings is 1. The molecule has 24 heavy (non-hydrogen) atoms. The highest BCUT2D eigenvalue weighted by Crippen LogP contribution is 2.47. The number of hydrogen-bond acceptors (Lipinski definition) is 5. The molecule has 0 unspecified atom stereocenters. The number of nitrogens with zero attached hydrogens (tertiary/aromatic N) is 5. The van der Waals surface area contributed by atoms with Gasteiger partial charge in [0, 0.05) is 5.69 Å². The summed E-state index contributed by atoms with van der Waals surface area (Å²) < 4.78 is 7.36. The maximum atomic E-state index is 6.06. The van der Waals surface area contributed by atoms with Crippen molar-refractivity contribution < 1.29 is 4.52 Å². The molecule has 0 atom stereocenters. The second-order valence-corrected chi connectivity index (χ2v) is 6.76. The molecule has 1 saturated carbocycles. The van der Waals surface area contributed by atoms with Crippen LogP contribution in [0.4, 0.5) is 0 Å². The lowest BCUT2D eigenvalue weighted by atomic mass is 9.66. The summed E-state index contributed by atoms with van der Waals surface area (Å²) in [6.45, 7) is 4.46. The highest BCUT2D eigenvalue weighted by Gasteiger charge is 2.45.